The molecule has 10 nitrogen and oxygen atoms in total. The van der Waals surface area contributed by atoms with Crippen molar-refractivity contribution in [1.82, 2.24) is 34.5 Å². The van der Waals surface area contributed by atoms with Crippen LogP contribution in [-0.4, -0.2) is 48.7 Å². The summed E-state index contributed by atoms with van der Waals surface area (Å²) in [6.45, 7) is -0.181. The van der Waals surface area contributed by atoms with Gasteiger partial charge in [0, 0.05) is 36.6 Å². The van der Waals surface area contributed by atoms with Crippen molar-refractivity contribution in [3.8, 4) is 22.6 Å². The van der Waals surface area contributed by atoms with E-state index in [9.17, 15) is 0 Å². The average molecular weight is 721 g/mol. The largest absolute Gasteiger partial charge is 0.493 e. The standard InChI is InChI=1S/C42H34F2N8O2/c1-50-25-29(24-47-50)28-21-34-33(45-23-28)19-20-38(48-34)51(41-39(43)35(53-2)22-36(54-3)40(41)44)26-37-46-27-52(49-37)42(30-13-7-4-8-14-30,31-15-9-5-10-16-31)32-17-11-6-12-18-32/h4-25,27H,26H2,1-3H3. The first-order chi connectivity index (χ1) is 26.4. The highest BCUT2D eigenvalue weighted by molar-refractivity contribution is 5.82. The van der Waals surface area contributed by atoms with Gasteiger partial charge in [0.15, 0.2) is 29.0 Å². The van der Waals surface area contributed by atoms with E-state index >= 15 is 8.78 Å². The number of fused-ring (bicyclic) bond motifs is 1. The van der Waals surface area contributed by atoms with Gasteiger partial charge in [-0.15, -0.1) is 0 Å². The monoisotopic (exact) mass is 720 g/mol. The summed E-state index contributed by atoms with van der Waals surface area (Å²) >= 11 is 0. The quantitative estimate of drug-likeness (QED) is 0.124. The van der Waals surface area contributed by atoms with Crippen molar-refractivity contribution in [2.24, 2.45) is 7.05 Å². The third-order valence-electron chi connectivity index (χ3n) is 9.41. The summed E-state index contributed by atoms with van der Waals surface area (Å²) in [6.07, 6.45) is 6.99. The second kappa shape index (κ2) is 14.2. The second-order valence-electron chi connectivity index (χ2n) is 12.6. The van der Waals surface area contributed by atoms with Gasteiger partial charge in [-0.25, -0.2) is 23.4 Å². The van der Waals surface area contributed by atoms with Crippen molar-refractivity contribution in [2.45, 2.75) is 12.1 Å². The molecular formula is C42H34F2N8O2. The fourth-order valence-corrected chi connectivity index (χ4v) is 6.87. The number of hydrogen-bond acceptors (Lipinski definition) is 8. The number of hydrogen-bond donors (Lipinski definition) is 0. The Morgan fingerprint density at radius 1 is 0.685 bits per heavy atom. The Balaban J connectivity index is 1.31. The fourth-order valence-electron chi connectivity index (χ4n) is 6.87. The first kappa shape index (κ1) is 34.2. The summed E-state index contributed by atoms with van der Waals surface area (Å²) in [6, 6.07) is 36.5. The van der Waals surface area contributed by atoms with Gasteiger partial charge in [0.1, 0.15) is 23.4 Å². The van der Waals surface area contributed by atoms with Crippen LogP contribution in [0.1, 0.15) is 22.5 Å². The van der Waals surface area contributed by atoms with Crippen molar-refractivity contribution in [2.75, 3.05) is 19.1 Å². The minimum atomic E-state index is -0.953. The molecule has 8 aromatic rings. The molecular weight excluding hydrogens is 687 g/mol. The molecule has 4 aromatic heterocycles. The molecule has 8 rings (SSSR count). The molecule has 0 N–H and O–H groups in total. The number of anilines is 2. The molecule has 0 saturated heterocycles. The first-order valence-corrected chi connectivity index (χ1v) is 17.1. The predicted molar refractivity (Wildman–Crippen MR) is 202 cm³/mol. The van der Waals surface area contributed by atoms with E-state index in [0.29, 0.717) is 11.0 Å². The molecule has 0 fully saturated rings. The number of ether oxygens (including phenoxy) is 2. The molecule has 268 valence electrons. The topological polar surface area (TPSA) is 96.0 Å². The molecule has 0 radical (unpaired) electrons. The Hall–Kier alpha value is -6.95. The van der Waals surface area contributed by atoms with Crippen LogP contribution >= 0.6 is 0 Å². The summed E-state index contributed by atoms with van der Waals surface area (Å²) < 4.78 is 46.9. The summed E-state index contributed by atoms with van der Waals surface area (Å²) in [5, 5.41) is 9.34. The fraction of sp³-hybridized carbons (Fsp3) is 0.119. The molecule has 0 saturated carbocycles. The zero-order valence-corrected chi connectivity index (χ0v) is 29.6. The Morgan fingerprint density at radius 3 is 1.81 bits per heavy atom. The number of pyridine rings is 2. The van der Waals surface area contributed by atoms with Crippen LogP contribution < -0.4 is 14.4 Å². The van der Waals surface area contributed by atoms with Crippen LogP contribution in [0.15, 0.2) is 140 Å². The van der Waals surface area contributed by atoms with Crippen LogP contribution in [0.25, 0.3) is 22.2 Å². The zero-order chi connectivity index (χ0) is 37.2. The first-order valence-electron chi connectivity index (χ1n) is 17.1. The molecule has 0 aliphatic carbocycles. The van der Waals surface area contributed by atoms with Gasteiger partial charge in [-0.05, 0) is 34.9 Å². The molecule has 0 atom stereocenters. The number of nitrogens with zero attached hydrogens (tertiary/aromatic N) is 8. The Morgan fingerprint density at radius 2 is 1.28 bits per heavy atom. The van der Waals surface area contributed by atoms with Crippen LogP contribution in [0, 0.1) is 11.6 Å². The minimum absolute atomic E-state index is 0.181. The summed E-state index contributed by atoms with van der Waals surface area (Å²) in [5.74, 6) is -1.80. The second-order valence-corrected chi connectivity index (χ2v) is 12.6. The smallest absolute Gasteiger partial charge is 0.191 e. The van der Waals surface area contributed by atoms with E-state index in [4.69, 9.17) is 24.5 Å². The van der Waals surface area contributed by atoms with Crippen molar-refractivity contribution in [3.63, 3.8) is 0 Å². The van der Waals surface area contributed by atoms with Crippen molar-refractivity contribution in [1.29, 1.82) is 0 Å². The molecule has 0 amide bonds. The predicted octanol–water partition coefficient (Wildman–Crippen LogP) is 8.10. The van der Waals surface area contributed by atoms with Gasteiger partial charge in [0.25, 0.3) is 0 Å². The maximum absolute atomic E-state index is 16.4. The molecule has 4 aromatic carbocycles. The molecule has 0 unspecified atom stereocenters. The lowest BCUT2D eigenvalue weighted by Gasteiger charge is -2.36. The molecule has 54 heavy (non-hydrogen) atoms. The minimum Gasteiger partial charge on any atom is -0.493 e. The van der Waals surface area contributed by atoms with E-state index in [1.54, 1.807) is 40.2 Å². The van der Waals surface area contributed by atoms with E-state index < -0.39 is 22.9 Å². The van der Waals surface area contributed by atoms with Crippen LogP contribution in [0.5, 0.6) is 11.5 Å². The van der Waals surface area contributed by atoms with E-state index in [1.165, 1.54) is 25.2 Å². The lowest BCUT2D eigenvalue weighted by molar-refractivity contribution is 0.358. The molecule has 0 aliphatic heterocycles. The van der Waals surface area contributed by atoms with Crippen molar-refractivity contribution >= 4 is 22.5 Å². The third-order valence-corrected chi connectivity index (χ3v) is 9.41. The van der Waals surface area contributed by atoms with Gasteiger partial charge in [-0.3, -0.25) is 9.67 Å². The highest BCUT2D eigenvalue weighted by Gasteiger charge is 2.40. The van der Waals surface area contributed by atoms with Gasteiger partial charge in [0.05, 0.1) is 38.0 Å². The average Bonchev–Trinajstić information content (AvgIpc) is 3.88. The number of halogens is 2. The number of benzene rings is 4. The van der Waals surface area contributed by atoms with Gasteiger partial charge in [0.2, 0.25) is 0 Å². The number of methoxy groups -OCH3 is 2. The van der Waals surface area contributed by atoms with Gasteiger partial charge >= 0.3 is 0 Å². The van der Waals surface area contributed by atoms with Gasteiger partial charge in [-0.2, -0.15) is 10.2 Å². The van der Waals surface area contributed by atoms with Crippen LogP contribution in [0.4, 0.5) is 20.3 Å². The third kappa shape index (κ3) is 5.97. The Bertz CT molecular complexity index is 2440. The zero-order valence-electron chi connectivity index (χ0n) is 29.6. The maximum Gasteiger partial charge on any atom is 0.191 e. The highest BCUT2D eigenvalue weighted by atomic mass is 19.1. The lowest BCUT2D eigenvalue weighted by atomic mass is 9.77. The van der Waals surface area contributed by atoms with Gasteiger partial charge in [-0.1, -0.05) is 91.0 Å². The van der Waals surface area contributed by atoms with Crippen molar-refractivity contribution in [3.05, 3.63) is 174 Å². The number of rotatable bonds is 11. The lowest BCUT2D eigenvalue weighted by Crippen LogP contribution is -2.38. The highest BCUT2D eigenvalue weighted by Crippen LogP contribution is 2.42. The SMILES string of the molecule is COc1cc(OC)c(F)c(N(Cc2ncn(C(c3ccccc3)(c3ccccc3)c3ccccc3)n2)c2ccc3ncc(-c4cnn(C)c4)cc3n2)c1F. The van der Waals surface area contributed by atoms with E-state index in [1.807, 2.05) is 110 Å². The van der Waals surface area contributed by atoms with E-state index in [0.717, 1.165) is 27.8 Å². The summed E-state index contributed by atoms with van der Waals surface area (Å²) in [4.78, 5) is 15.6. The van der Waals surface area contributed by atoms with Crippen LogP contribution in [-0.2, 0) is 19.1 Å². The van der Waals surface area contributed by atoms with E-state index in [2.05, 4.69) is 10.1 Å². The van der Waals surface area contributed by atoms with Crippen molar-refractivity contribution < 1.29 is 18.3 Å². The summed E-state index contributed by atoms with van der Waals surface area (Å²) in [7, 11) is 4.45. The van der Waals surface area contributed by atoms with Gasteiger partial charge < -0.3 is 14.4 Å². The molecule has 4 heterocycles. The normalized spacial score (nSPS) is 11.5. The van der Waals surface area contributed by atoms with Crippen LogP contribution in [0.2, 0.25) is 0 Å². The Kier molecular flexibility index (Phi) is 9.00. The van der Waals surface area contributed by atoms with E-state index in [-0.39, 0.29) is 29.7 Å². The maximum atomic E-state index is 16.4. The molecule has 12 heteroatoms. The summed E-state index contributed by atoms with van der Waals surface area (Å²) in [5.41, 5.74) is 4.17. The Labute approximate surface area is 309 Å². The van der Waals surface area contributed by atoms with Crippen LogP contribution in [0.3, 0.4) is 0 Å². The number of aryl methyl sites for hydroxylation is 1. The molecule has 0 aliphatic rings. The number of aromatic nitrogens is 7. The molecule has 0 spiro atoms. The molecule has 0 bridgehead atoms.